The molecule has 0 fully saturated rings. The van der Waals surface area contributed by atoms with Gasteiger partial charge in [-0.2, -0.15) is 11.8 Å². The molecule has 2 N–H and O–H groups in total. The van der Waals surface area contributed by atoms with Gasteiger partial charge in [-0.15, -0.1) is 0 Å². The van der Waals surface area contributed by atoms with Crippen molar-refractivity contribution in [1.29, 1.82) is 0 Å². The first-order valence-corrected chi connectivity index (χ1v) is 18.1. The molecule has 0 aromatic heterocycles. The number of Topliss-reactive ketones (excluding diaryl/α,β-unsaturated/α-hetero) is 1. The third kappa shape index (κ3) is 9.83. The van der Waals surface area contributed by atoms with Gasteiger partial charge in [0.05, 0.1) is 11.8 Å². The van der Waals surface area contributed by atoms with Crippen molar-refractivity contribution in [3.05, 3.63) is 131 Å². The zero-order valence-electron chi connectivity index (χ0n) is 27.9. The van der Waals surface area contributed by atoms with E-state index in [-0.39, 0.29) is 30.1 Å². The van der Waals surface area contributed by atoms with Crippen molar-refractivity contribution >= 4 is 29.5 Å². The summed E-state index contributed by atoms with van der Waals surface area (Å²) in [6.07, 6.45) is 2.87. The molecule has 4 aromatic rings. The fourth-order valence-electron chi connectivity index (χ4n) is 6.32. The molecule has 0 heterocycles. The molecule has 2 amide bonds. The van der Waals surface area contributed by atoms with Crippen LogP contribution in [0.1, 0.15) is 61.3 Å². The smallest absolute Gasteiger partial charge is 0.407 e. The van der Waals surface area contributed by atoms with Gasteiger partial charge in [0.1, 0.15) is 12.6 Å². The Kier molecular flexibility index (Phi) is 12.9. The first-order valence-electron chi connectivity index (χ1n) is 17.0. The fourth-order valence-corrected chi connectivity index (χ4v) is 7.22. The number of benzene rings is 4. The molecule has 1 unspecified atom stereocenters. The Balaban J connectivity index is 1.19. The molecular weight excluding hydrogens is 617 g/mol. The van der Waals surface area contributed by atoms with E-state index >= 15 is 0 Å². The zero-order chi connectivity index (χ0) is 33.7. The quantitative estimate of drug-likeness (QED) is 0.112. The van der Waals surface area contributed by atoms with E-state index in [1.54, 1.807) is 11.8 Å². The lowest BCUT2D eigenvalue weighted by atomic mass is 9.98. The van der Waals surface area contributed by atoms with Crippen LogP contribution in [0.2, 0.25) is 0 Å². The molecule has 1 aliphatic rings. The molecule has 2 atom stereocenters. The minimum atomic E-state index is -0.828. The van der Waals surface area contributed by atoms with Gasteiger partial charge < -0.3 is 15.4 Å². The first kappa shape index (κ1) is 35.0. The number of ketones is 1. The van der Waals surface area contributed by atoms with Gasteiger partial charge in [-0.3, -0.25) is 9.59 Å². The van der Waals surface area contributed by atoms with Crippen molar-refractivity contribution in [2.45, 2.75) is 64.0 Å². The molecule has 48 heavy (non-hydrogen) atoms. The van der Waals surface area contributed by atoms with Crippen LogP contribution in [0, 0.1) is 5.92 Å². The summed E-state index contributed by atoms with van der Waals surface area (Å²) < 4.78 is 5.77. The van der Waals surface area contributed by atoms with Gasteiger partial charge in [-0.25, -0.2) is 4.79 Å². The van der Waals surface area contributed by atoms with E-state index in [4.69, 9.17) is 4.74 Å². The van der Waals surface area contributed by atoms with E-state index in [2.05, 4.69) is 47.0 Å². The van der Waals surface area contributed by atoms with Crippen LogP contribution < -0.4 is 10.6 Å². The number of thioether (sulfide) groups is 1. The van der Waals surface area contributed by atoms with E-state index in [1.165, 1.54) is 5.56 Å². The summed E-state index contributed by atoms with van der Waals surface area (Å²) in [6.45, 7) is 4.17. The number of rotatable bonds is 17. The summed E-state index contributed by atoms with van der Waals surface area (Å²) >= 11 is 1.61. The van der Waals surface area contributed by atoms with Gasteiger partial charge in [0.2, 0.25) is 5.91 Å². The molecule has 0 saturated carbocycles. The highest BCUT2D eigenvalue weighted by atomic mass is 32.2. The second kappa shape index (κ2) is 17.7. The van der Waals surface area contributed by atoms with Gasteiger partial charge >= 0.3 is 6.09 Å². The van der Waals surface area contributed by atoms with Crippen LogP contribution in [0.5, 0.6) is 0 Å². The Hall–Kier alpha value is -4.36. The van der Waals surface area contributed by atoms with Crippen molar-refractivity contribution in [2.75, 3.05) is 18.1 Å². The van der Waals surface area contributed by atoms with Crippen LogP contribution in [0.4, 0.5) is 4.79 Å². The standard InChI is InChI=1S/C41H46N2O4S/c1-29(2)26-38(43-41(46)47-27-36-34-21-11-9-19-32(34)33-20-10-12-22-35(33)36)40(45)42-37(24-23-31-16-7-4-8-17-31)39(44)28-48-25-13-18-30-14-5-3-6-15-30/h3-12,14-17,19-22,29,36-38H,13,18,23-28H2,1-2H3,(H,42,45)(H,43,46)/t37?,38-/m0/s1. The number of ether oxygens (including phenoxy) is 1. The van der Waals surface area contributed by atoms with E-state index < -0.39 is 18.2 Å². The van der Waals surface area contributed by atoms with Gasteiger partial charge in [0.25, 0.3) is 0 Å². The number of aryl methyl sites for hydroxylation is 2. The lowest BCUT2D eigenvalue weighted by molar-refractivity contribution is -0.128. The summed E-state index contributed by atoms with van der Waals surface area (Å²) in [5.41, 5.74) is 6.95. The van der Waals surface area contributed by atoms with Crippen LogP contribution in [0.3, 0.4) is 0 Å². The fraction of sp³-hybridized carbons (Fsp3) is 0.341. The molecule has 0 saturated heterocycles. The third-order valence-electron chi connectivity index (χ3n) is 8.77. The highest BCUT2D eigenvalue weighted by Crippen LogP contribution is 2.44. The Labute approximate surface area is 289 Å². The summed E-state index contributed by atoms with van der Waals surface area (Å²) in [5.74, 6) is 0.868. The number of nitrogens with one attached hydrogen (secondary N) is 2. The second-order valence-electron chi connectivity index (χ2n) is 12.8. The Morgan fingerprint density at radius 2 is 1.27 bits per heavy atom. The number of carbonyl (C=O) groups is 3. The minimum absolute atomic E-state index is 0.00608. The number of hydrogen-bond donors (Lipinski definition) is 2. The number of amides is 2. The lowest BCUT2D eigenvalue weighted by Crippen LogP contribution is -2.52. The average Bonchev–Trinajstić information content (AvgIpc) is 3.42. The average molecular weight is 663 g/mol. The van der Waals surface area contributed by atoms with Crippen molar-refractivity contribution in [3.8, 4) is 11.1 Å². The molecule has 6 nitrogen and oxygen atoms in total. The molecule has 0 aliphatic heterocycles. The van der Waals surface area contributed by atoms with E-state index in [0.29, 0.717) is 25.0 Å². The van der Waals surface area contributed by atoms with Crippen LogP contribution in [0.15, 0.2) is 109 Å². The molecule has 4 aromatic carbocycles. The SMILES string of the molecule is CC(C)C[C@H](NC(=O)OCC1c2ccccc2-c2ccccc21)C(=O)NC(CCc1ccccc1)C(=O)CSCCCc1ccccc1. The normalized spacial score (nSPS) is 13.3. The third-order valence-corrected chi connectivity index (χ3v) is 9.84. The molecule has 0 radical (unpaired) electrons. The number of carbonyl (C=O) groups excluding carboxylic acids is 3. The van der Waals surface area contributed by atoms with E-state index in [0.717, 1.165) is 46.4 Å². The lowest BCUT2D eigenvalue weighted by Gasteiger charge is -2.24. The predicted octanol–water partition coefficient (Wildman–Crippen LogP) is 7.99. The van der Waals surface area contributed by atoms with Crippen molar-refractivity contribution in [1.82, 2.24) is 10.6 Å². The number of hydrogen-bond acceptors (Lipinski definition) is 5. The zero-order valence-corrected chi connectivity index (χ0v) is 28.7. The maximum absolute atomic E-state index is 13.7. The maximum atomic E-state index is 13.7. The second-order valence-corrected chi connectivity index (χ2v) is 14.0. The summed E-state index contributed by atoms with van der Waals surface area (Å²) in [6, 6.07) is 35.2. The largest absolute Gasteiger partial charge is 0.449 e. The monoisotopic (exact) mass is 662 g/mol. The first-order chi connectivity index (χ1) is 23.4. The van der Waals surface area contributed by atoms with Crippen LogP contribution >= 0.6 is 11.8 Å². The van der Waals surface area contributed by atoms with Gasteiger partial charge in [-0.1, -0.05) is 123 Å². The van der Waals surface area contributed by atoms with Crippen molar-refractivity contribution < 1.29 is 19.1 Å². The summed E-state index contributed by atoms with van der Waals surface area (Å²) in [4.78, 5) is 40.4. The number of fused-ring (bicyclic) bond motifs is 3. The van der Waals surface area contributed by atoms with Gasteiger partial charge in [0, 0.05) is 5.92 Å². The van der Waals surface area contributed by atoms with Crippen molar-refractivity contribution in [2.24, 2.45) is 5.92 Å². The highest BCUT2D eigenvalue weighted by molar-refractivity contribution is 7.99. The number of alkyl carbamates (subject to hydrolysis) is 1. The van der Waals surface area contributed by atoms with Gasteiger partial charge in [0.15, 0.2) is 5.78 Å². The maximum Gasteiger partial charge on any atom is 0.407 e. The molecule has 0 bridgehead atoms. The van der Waals surface area contributed by atoms with Crippen LogP contribution in [-0.2, 0) is 27.2 Å². The molecular formula is C41H46N2O4S. The van der Waals surface area contributed by atoms with Crippen LogP contribution in [0.25, 0.3) is 11.1 Å². The van der Waals surface area contributed by atoms with E-state index in [9.17, 15) is 14.4 Å². The molecule has 1 aliphatic carbocycles. The molecule has 250 valence electrons. The molecule has 7 heteroatoms. The Morgan fingerprint density at radius 1 is 0.708 bits per heavy atom. The minimum Gasteiger partial charge on any atom is -0.449 e. The molecule has 0 spiro atoms. The Bertz CT molecular complexity index is 1600. The molecule has 5 rings (SSSR count). The van der Waals surface area contributed by atoms with Gasteiger partial charge in [-0.05, 0) is 77.2 Å². The van der Waals surface area contributed by atoms with Crippen LogP contribution in [-0.4, -0.2) is 48.0 Å². The van der Waals surface area contributed by atoms with Crippen molar-refractivity contribution in [3.63, 3.8) is 0 Å². The van der Waals surface area contributed by atoms with E-state index in [1.807, 2.05) is 86.6 Å². The Morgan fingerprint density at radius 3 is 1.88 bits per heavy atom. The highest BCUT2D eigenvalue weighted by Gasteiger charge is 2.31. The topological polar surface area (TPSA) is 84.5 Å². The summed E-state index contributed by atoms with van der Waals surface area (Å²) in [5, 5.41) is 5.84. The predicted molar refractivity (Wildman–Crippen MR) is 195 cm³/mol. The summed E-state index contributed by atoms with van der Waals surface area (Å²) in [7, 11) is 0.